The molecule has 0 amide bonds. The van der Waals surface area contributed by atoms with Crippen molar-refractivity contribution in [3.8, 4) is 0 Å². The van der Waals surface area contributed by atoms with E-state index in [0.29, 0.717) is 12.4 Å². The summed E-state index contributed by atoms with van der Waals surface area (Å²) in [7, 11) is 0. The van der Waals surface area contributed by atoms with Crippen molar-refractivity contribution in [2.24, 2.45) is 0 Å². The normalized spacial score (nSPS) is 16.2. The first-order valence-electron chi connectivity index (χ1n) is 7.39. The zero-order valence-corrected chi connectivity index (χ0v) is 12.2. The molecule has 1 fully saturated rings. The third kappa shape index (κ3) is 3.36. The molecular weight excluding hydrogens is 266 g/mol. The number of oxazole rings is 1. The third-order valence-electron chi connectivity index (χ3n) is 3.81. The van der Waals surface area contributed by atoms with Gasteiger partial charge in [0, 0.05) is 13.1 Å². The molecule has 3 rings (SSSR count). The van der Waals surface area contributed by atoms with Gasteiger partial charge in [-0.05, 0) is 31.9 Å². The molecule has 0 atom stereocenters. The summed E-state index contributed by atoms with van der Waals surface area (Å²) in [4.78, 5) is 6.52. The molecule has 2 heterocycles. The zero-order valence-electron chi connectivity index (χ0n) is 12.2. The van der Waals surface area contributed by atoms with E-state index in [1.54, 1.807) is 6.20 Å². The summed E-state index contributed by atoms with van der Waals surface area (Å²) in [5.41, 5.74) is 2.25. The van der Waals surface area contributed by atoms with Crippen molar-refractivity contribution < 1.29 is 9.52 Å². The Balaban J connectivity index is 1.70. The van der Waals surface area contributed by atoms with Crippen LogP contribution >= 0.6 is 0 Å². The molecule has 0 radical (unpaired) electrons. The molecule has 1 aromatic heterocycles. The number of nitrogens with zero attached hydrogens (tertiary/aromatic N) is 2. The quantitative estimate of drug-likeness (QED) is 0.905. The Labute approximate surface area is 124 Å². The Hall–Kier alpha value is -2.01. The van der Waals surface area contributed by atoms with Gasteiger partial charge in [0.1, 0.15) is 5.76 Å². The van der Waals surface area contributed by atoms with E-state index in [4.69, 9.17) is 4.42 Å². The van der Waals surface area contributed by atoms with E-state index in [9.17, 15) is 5.11 Å². The fourth-order valence-corrected chi connectivity index (χ4v) is 2.66. The van der Waals surface area contributed by atoms with Crippen LogP contribution in [0.25, 0.3) is 0 Å². The summed E-state index contributed by atoms with van der Waals surface area (Å²) in [6.07, 6.45) is 3.23. The lowest BCUT2D eigenvalue weighted by molar-refractivity contribution is 0.145. The average molecular weight is 287 g/mol. The molecule has 21 heavy (non-hydrogen) atoms. The van der Waals surface area contributed by atoms with Crippen LogP contribution in [0.5, 0.6) is 0 Å². The number of anilines is 2. The Morgan fingerprint density at radius 2 is 2.10 bits per heavy atom. The number of piperidine rings is 1. The first kappa shape index (κ1) is 13.9. The number of hydrogen-bond acceptors (Lipinski definition) is 5. The summed E-state index contributed by atoms with van der Waals surface area (Å²) in [6, 6.07) is 8.24. The lowest BCUT2D eigenvalue weighted by Crippen LogP contribution is -2.36. The molecule has 1 aromatic carbocycles. The molecule has 112 valence electrons. The molecule has 5 heteroatoms. The van der Waals surface area contributed by atoms with Crippen molar-refractivity contribution in [1.29, 1.82) is 0 Å². The predicted molar refractivity (Wildman–Crippen MR) is 82.5 cm³/mol. The standard InChI is InChI=1S/C16H21N3O2/c1-12-10-18-16(21-12)11-17-14-4-2-3-5-15(14)19-8-6-13(20)7-9-19/h2-5,10,13,17,20H,6-9,11H2,1H3. The number of nitrogens with one attached hydrogen (secondary N) is 1. The van der Waals surface area contributed by atoms with Gasteiger partial charge in [-0.15, -0.1) is 0 Å². The number of aromatic nitrogens is 1. The Morgan fingerprint density at radius 1 is 1.33 bits per heavy atom. The van der Waals surface area contributed by atoms with Crippen LogP contribution in [0, 0.1) is 6.92 Å². The number of para-hydroxylation sites is 2. The van der Waals surface area contributed by atoms with E-state index in [0.717, 1.165) is 37.4 Å². The first-order valence-corrected chi connectivity index (χ1v) is 7.39. The van der Waals surface area contributed by atoms with Crippen LogP contribution in [0.2, 0.25) is 0 Å². The highest BCUT2D eigenvalue weighted by Crippen LogP contribution is 2.28. The van der Waals surface area contributed by atoms with Gasteiger partial charge in [0.2, 0.25) is 5.89 Å². The highest BCUT2D eigenvalue weighted by atomic mass is 16.4. The highest BCUT2D eigenvalue weighted by molar-refractivity contribution is 5.70. The number of benzene rings is 1. The summed E-state index contributed by atoms with van der Waals surface area (Å²) < 4.78 is 5.48. The molecule has 0 saturated carbocycles. The molecule has 0 spiro atoms. The van der Waals surface area contributed by atoms with Gasteiger partial charge >= 0.3 is 0 Å². The first-order chi connectivity index (χ1) is 10.2. The van der Waals surface area contributed by atoms with Gasteiger partial charge < -0.3 is 19.7 Å². The Kier molecular flexibility index (Phi) is 4.10. The van der Waals surface area contributed by atoms with Crippen molar-refractivity contribution in [3.05, 3.63) is 42.1 Å². The maximum Gasteiger partial charge on any atom is 0.213 e. The number of aryl methyl sites for hydroxylation is 1. The van der Waals surface area contributed by atoms with E-state index < -0.39 is 0 Å². The Morgan fingerprint density at radius 3 is 2.81 bits per heavy atom. The number of aliphatic hydroxyl groups is 1. The smallest absolute Gasteiger partial charge is 0.213 e. The fourth-order valence-electron chi connectivity index (χ4n) is 2.66. The lowest BCUT2D eigenvalue weighted by atomic mass is 10.1. The van der Waals surface area contributed by atoms with Crippen molar-refractivity contribution in [2.45, 2.75) is 32.4 Å². The molecular formula is C16H21N3O2. The van der Waals surface area contributed by atoms with Crippen LogP contribution in [-0.4, -0.2) is 29.3 Å². The van der Waals surface area contributed by atoms with Gasteiger partial charge in [-0.25, -0.2) is 4.98 Å². The maximum absolute atomic E-state index is 9.63. The zero-order chi connectivity index (χ0) is 14.7. The summed E-state index contributed by atoms with van der Waals surface area (Å²) in [5, 5.41) is 13.0. The SMILES string of the molecule is Cc1cnc(CNc2ccccc2N2CCC(O)CC2)o1. The van der Waals surface area contributed by atoms with E-state index in [1.165, 1.54) is 5.69 Å². The predicted octanol–water partition coefficient (Wildman–Crippen LogP) is 2.56. The molecule has 1 aliphatic heterocycles. The van der Waals surface area contributed by atoms with E-state index in [-0.39, 0.29) is 6.10 Å². The van der Waals surface area contributed by atoms with E-state index >= 15 is 0 Å². The van der Waals surface area contributed by atoms with Crippen molar-refractivity contribution >= 4 is 11.4 Å². The summed E-state index contributed by atoms with van der Waals surface area (Å²) in [6.45, 7) is 4.24. The van der Waals surface area contributed by atoms with Crippen molar-refractivity contribution in [2.75, 3.05) is 23.3 Å². The third-order valence-corrected chi connectivity index (χ3v) is 3.81. The van der Waals surface area contributed by atoms with Gasteiger partial charge in [-0.2, -0.15) is 0 Å². The average Bonchev–Trinajstić information content (AvgIpc) is 2.92. The second-order valence-electron chi connectivity index (χ2n) is 5.45. The van der Waals surface area contributed by atoms with Gasteiger partial charge in [0.05, 0.1) is 30.2 Å². The monoisotopic (exact) mass is 287 g/mol. The molecule has 1 aliphatic rings. The second-order valence-corrected chi connectivity index (χ2v) is 5.45. The van der Waals surface area contributed by atoms with E-state index in [2.05, 4.69) is 27.3 Å². The maximum atomic E-state index is 9.63. The van der Waals surface area contributed by atoms with Crippen molar-refractivity contribution in [1.82, 2.24) is 4.98 Å². The van der Waals surface area contributed by atoms with Gasteiger partial charge in [-0.3, -0.25) is 0 Å². The Bertz CT molecular complexity index is 589. The summed E-state index contributed by atoms with van der Waals surface area (Å²) >= 11 is 0. The fraction of sp³-hybridized carbons (Fsp3) is 0.438. The number of rotatable bonds is 4. The molecule has 1 saturated heterocycles. The molecule has 2 N–H and O–H groups in total. The molecule has 0 aliphatic carbocycles. The van der Waals surface area contributed by atoms with Crippen LogP contribution in [0.4, 0.5) is 11.4 Å². The van der Waals surface area contributed by atoms with E-state index in [1.807, 2.05) is 19.1 Å². The molecule has 0 unspecified atom stereocenters. The largest absolute Gasteiger partial charge is 0.444 e. The van der Waals surface area contributed by atoms with Crippen LogP contribution in [0.1, 0.15) is 24.5 Å². The molecule has 2 aromatic rings. The van der Waals surface area contributed by atoms with Crippen molar-refractivity contribution in [3.63, 3.8) is 0 Å². The van der Waals surface area contributed by atoms with Crippen LogP contribution < -0.4 is 10.2 Å². The second kappa shape index (κ2) is 6.18. The van der Waals surface area contributed by atoms with Crippen LogP contribution in [-0.2, 0) is 6.54 Å². The van der Waals surface area contributed by atoms with Crippen LogP contribution in [0.3, 0.4) is 0 Å². The molecule has 0 bridgehead atoms. The van der Waals surface area contributed by atoms with Gasteiger partial charge in [0.25, 0.3) is 0 Å². The summed E-state index contributed by atoms with van der Waals surface area (Å²) in [5.74, 6) is 1.52. The van der Waals surface area contributed by atoms with Gasteiger partial charge in [-0.1, -0.05) is 12.1 Å². The van der Waals surface area contributed by atoms with Gasteiger partial charge in [0.15, 0.2) is 0 Å². The molecule has 5 nitrogen and oxygen atoms in total. The van der Waals surface area contributed by atoms with Crippen LogP contribution in [0.15, 0.2) is 34.9 Å². The lowest BCUT2D eigenvalue weighted by Gasteiger charge is -2.32. The highest BCUT2D eigenvalue weighted by Gasteiger charge is 2.19. The number of aliphatic hydroxyl groups excluding tert-OH is 1. The minimum absolute atomic E-state index is 0.156. The topological polar surface area (TPSA) is 61.5 Å². The minimum atomic E-state index is -0.156. The number of hydrogen-bond donors (Lipinski definition) is 2. The minimum Gasteiger partial charge on any atom is -0.444 e.